The minimum Gasteiger partial charge on any atom is -0.546 e. The van der Waals surface area contributed by atoms with Crippen LogP contribution in [0.3, 0.4) is 0 Å². The van der Waals surface area contributed by atoms with Gasteiger partial charge in [-0.1, -0.05) is 23.7 Å². The number of carbonyl (C=O) groups excluding carboxylic acids is 2. The fourth-order valence-electron chi connectivity index (χ4n) is 1.71. The summed E-state index contributed by atoms with van der Waals surface area (Å²) in [4.78, 5) is 21.9. The van der Waals surface area contributed by atoms with Gasteiger partial charge in [-0.15, -0.1) is 0 Å². The smallest absolute Gasteiger partial charge is 0.277 e. The molecule has 0 aliphatic carbocycles. The second-order valence-electron chi connectivity index (χ2n) is 4.74. The molecule has 0 heterocycles. The second-order valence-corrected chi connectivity index (χ2v) is 5.15. The lowest BCUT2D eigenvalue weighted by atomic mass is 10.2. The number of nitrogens with zero attached hydrogens (tertiary/aromatic N) is 1. The van der Waals surface area contributed by atoms with Gasteiger partial charge >= 0.3 is 0 Å². The van der Waals surface area contributed by atoms with Gasteiger partial charge in [-0.3, -0.25) is 4.79 Å². The first-order valence-electron chi connectivity index (χ1n) is 7.16. The van der Waals surface area contributed by atoms with Crippen LogP contribution < -0.4 is 20.0 Å². The lowest BCUT2D eigenvalue weighted by Gasteiger charge is -2.07. The average Bonchev–Trinajstić information content (AvgIpc) is 2.60. The molecule has 0 saturated heterocycles. The van der Waals surface area contributed by atoms with Crippen molar-refractivity contribution in [3.05, 3.63) is 59.1 Å². The highest BCUT2D eigenvalue weighted by atomic mass is 35.5. The van der Waals surface area contributed by atoms with Crippen LogP contribution in [0.25, 0.3) is 0 Å². The summed E-state index contributed by atoms with van der Waals surface area (Å²) >= 11 is 5.91. The molecule has 25 heavy (non-hydrogen) atoms. The number of para-hydroxylation sites is 1. The van der Waals surface area contributed by atoms with Crippen molar-refractivity contribution in [1.29, 1.82) is 0 Å². The number of rotatable bonds is 8. The van der Waals surface area contributed by atoms with Crippen LogP contribution in [0.15, 0.2) is 53.6 Å². The first-order chi connectivity index (χ1) is 12.0. The molecule has 0 spiro atoms. The largest absolute Gasteiger partial charge is 0.546 e. The molecule has 1 amide bonds. The van der Waals surface area contributed by atoms with Crippen LogP contribution in [0.5, 0.6) is 11.5 Å². The van der Waals surface area contributed by atoms with E-state index in [1.54, 1.807) is 48.5 Å². The Hall–Kier alpha value is -3.06. The van der Waals surface area contributed by atoms with E-state index < -0.39 is 18.5 Å². The van der Waals surface area contributed by atoms with E-state index in [1.165, 1.54) is 6.21 Å². The Kier molecular flexibility index (Phi) is 6.79. The molecule has 0 aromatic heterocycles. The highest BCUT2D eigenvalue weighted by molar-refractivity contribution is 6.32. The van der Waals surface area contributed by atoms with E-state index in [2.05, 4.69) is 10.5 Å². The molecule has 130 valence electrons. The number of halogens is 1. The van der Waals surface area contributed by atoms with Gasteiger partial charge in [-0.25, -0.2) is 5.43 Å². The van der Waals surface area contributed by atoms with E-state index in [0.717, 1.165) is 0 Å². The van der Waals surface area contributed by atoms with Crippen molar-refractivity contribution in [2.75, 3.05) is 13.2 Å². The zero-order valence-electron chi connectivity index (χ0n) is 13.0. The molecular weight excluding hydrogens is 348 g/mol. The molecule has 0 unspecified atom stereocenters. The third-order valence-electron chi connectivity index (χ3n) is 2.84. The van der Waals surface area contributed by atoms with Crippen molar-refractivity contribution in [2.24, 2.45) is 5.10 Å². The Balaban J connectivity index is 1.77. The predicted molar refractivity (Wildman–Crippen MR) is 89.6 cm³/mol. The molecule has 0 aliphatic heterocycles. The maximum Gasteiger partial charge on any atom is 0.277 e. The number of benzene rings is 2. The van der Waals surface area contributed by atoms with E-state index in [-0.39, 0.29) is 6.61 Å². The first kappa shape index (κ1) is 18.3. The Morgan fingerprint density at radius 1 is 1.08 bits per heavy atom. The van der Waals surface area contributed by atoms with Crippen LogP contribution in [0.1, 0.15) is 5.56 Å². The lowest BCUT2D eigenvalue weighted by molar-refractivity contribution is -0.307. The maximum atomic E-state index is 11.6. The molecule has 0 fully saturated rings. The molecule has 0 aliphatic rings. The van der Waals surface area contributed by atoms with E-state index in [9.17, 15) is 14.7 Å². The summed E-state index contributed by atoms with van der Waals surface area (Å²) in [7, 11) is 0. The molecular formula is C17H14ClN2O5-. The number of hydrogen-bond acceptors (Lipinski definition) is 6. The molecule has 8 heteroatoms. The number of nitrogens with one attached hydrogen (secondary N) is 1. The van der Waals surface area contributed by atoms with Crippen LogP contribution in [0, 0.1) is 0 Å². The van der Waals surface area contributed by atoms with Crippen LogP contribution in [0.2, 0.25) is 5.02 Å². The molecule has 1 N–H and O–H groups in total. The Bertz CT molecular complexity index is 762. The summed E-state index contributed by atoms with van der Waals surface area (Å²) in [5, 5.41) is 14.5. The molecule has 2 rings (SSSR count). The van der Waals surface area contributed by atoms with Crippen molar-refractivity contribution in [3.8, 4) is 11.5 Å². The molecule has 7 nitrogen and oxygen atoms in total. The van der Waals surface area contributed by atoms with Crippen LogP contribution >= 0.6 is 11.6 Å². The summed E-state index contributed by atoms with van der Waals surface area (Å²) < 4.78 is 10.2. The van der Waals surface area contributed by atoms with Crippen molar-refractivity contribution in [2.45, 2.75) is 0 Å². The van der Waals surface area contributed by atoms with E-state index in [1.807, 2.05) is 0 Å². The number of hydrazone groups is 1. The minimum absolute atomic E-state index is 0.225. The second kappa shape index (κ2) is 9.29. The Morgan fingerprint density at radius 3 is 2.48 bits per heavy atom. The summed E-state index contributed by atoms with van der Waals surface area (Å²) in [6, 6.07) is 13.3. The minimum atomic E-state index is -1.30. The third kappa shape index (κ3) is 6.52. The standard InChI is InChI=1S/C17H15ClN2O5/c18-14-3-1-2-4-15(14)25-10-16(21)20-19-9-12-5-7-13(8-6-12)24-11-17(22)23/h1-9H,10-11H2,(H,20,21)(H,22,23)/p-1/b19-9-. The fraction of sp³-hybridized carbons (Fsp3) is 0.118. The summed E-state index contributed by atoms with van der Waals surface area (Å²) in [5.41, 5.74) is 3.01. The number of aliphatic carboxylic acids is 1. The Morgan fingerprint density at radius 2 is 1.80 bits per heavy atom. The van der Waals surface area contributed by atoms with Gasteiger partial charge in [0.15, 0.2) is 6.61 Å². The van der Waals surface area contributed by atoms with E-state index in [4.69, 9.17) is 21.1 Å². The summed E-state index contributed by atoms with van der Waals surface area (Å²) in [6.07, 6.45) is 1.43. The number of hydrogen-bond donors (Lipinski definition) is 1. The quantitative estimate of drug-likeness (QED) is 0.558. The number of carbonyl (C=O) groups is 2. The van der Waals surface area contributed by atoms with Gasteiger partial charge in [0.25, 0.3) is 5.91 Å². The monoisotopic (exact) mass is 361 g/mol. The topological polar surface area (TPSA) is 100 Å². The Labute approximate surface area is 148 Å². The summed E-state index contributed by atoms with van der Waals surface area (Å²) in [5.74, 6) is -0.939. The van der Waals surface area contributed by atoms with Crippen molar-refractivity contribution in [3.63, 3.8) is 0 Å². The predicted octanol–water partition coefficient (Wildman–Crippen LogP) is 0.998. The van der Waals surface area contributed by atoms with Crippen LogP contribution in [-0.2, 0) is 9.59 Å². The number of carboxylic acids is 1. The van der Waals surface area contributed by atoms with Crippen molar-refractivity contribution >= 4 is 29.7 Å². The molecule has 0 atom stereocenters. The maximum absolute atomic E-state index is 11.6. The van der Waals surface area contributed by atoms with E-state index >= 15 is 0 Å². The van der Waals surface area contributed by atoms with Gasteiger partial charge in [0.2, 0.25) is 0 Å². The normalized spacial score (nSPS) is 10.4. The zero-order valence-corrected chi connectivity index (χ0v) is 13.7. The number of amides is 1. The summed E-state index contributed by atoms with van der Waals surface area (Å²) in [6.45, 7) is -0.744. The fourth-order valence-corrected chi connectivity index (χ4v) is 1.90. The molecule has 2 aromatic rings. The SMILES string of the molecule is O=C([O-])COc1ccc(/C=N\NC(=O)COc2ccccc2Cl)cc1. The van der Waals surface area contributed by atoms with Crippen LogP contribution in [-0.4, -0.2) is 31.3 Å². The van der Waals surface area contributed by atoms with E-state index in [0.29, 0.717) is 22.1 Å². The van der Waals surface area contributed by atoms with Gasteiger partial charge in [-0.05, 0) is 42.0 Å². The van der Waals surface area contributed by atoms with Gasteiger partial charge in [0, 0.05) is 0 Å². The number of carboxylic acid groups (broad SMARTS) is 1. The average molecular weight is 362 g/mol. The highest BCUT2D eigenvalue weighted by Gasteiger charge is 2.04. The van der Waals surface area contributed by atoms with Crippen LogP contribution in [0.4, 0.5) is 0 Å². The molecule has 2 aromatic carbocycles. The zero-order chi connectivity index (χ0) is 18.1. The van der Waals surface area contributed by atoms with Gasteiger partial charge < -0.3 is 19.4 Å². The van der Waals surface area contributed by atoms with Gasteiger partial charge in [0.1, 0.15) is 18.1 Å². The van der Waals surface area contributed by atoms with Gasteiger partial charge in [-0.2, -0.15) is 5.10 Å². The highest BCUT2D eigenvalue weighted by Crippen LogP contribution is 2.22. The number of ether oxygens (including phenoxy) is 2. The lowest BCUT2D eigenvalue weighted by Crippen LogP contribution is -2.28. The molecule has 0 radical (unpaired) electrons. The molecule has 0 saturated carbocycles. The third-order valence-corrected chi connectivity index (χ3v) is 3.15. The van der Waals surface area contributed by atoms with Crippen molar-refractivity contribution in [1.82, 2.24) is 5.43 Å². The molecule has 0 bridgehead atoms. The first-order valence-corrected chi connectivity index (χ1v) is 7.54. The van der Waals surface area contributed by atoms with Crippen molar-refractivity contribution < 1.29 is 24.2 Å². The van der Waals surface area contributed by atoms with Gasteiger partial charge in [0.05, 0.1) is 17.2 Å².